The summed E-state index contributed by atoms with van der Waals surface area (Å²) in [6, 6.07) is 8.27. The number of rotatable bonds is 6. The average Bonchev–Trinajstić information content (AvgIpc) is 3.21. The molecule has 160 valence electrons. The van der Waals surface area contributed by atoms with Crippen molar-refractivity contribution in [3.8, 4) is 5.75 Å². The van der Waals surface area contributed by atoms with Crippen LogP contribution in [0.3, 0.4) is 0 Å². The summed E-state index contributed by atoms with van der Waals surface area (Å²) in [4.78, 5) is 6.51. The van der Waals surface area contributed by atoms with E-state index in [0.717, 1.165) is 25.9 Å². The van der Waals surface area contributed by atoms with Gasteiger partial charge < -0.3 is 20.3 Å². The van der Waals surface area contributed by atoms with Crippen LogP contribution in [0.15, 0.2) is 40.7 Å². The Hall–Kier alpha value is -1.69. The Morgan fingerprint density at radius 1 is 1.28 bits per heavy atom. The third kappa shape index (κ3) is 6.66. The average molecular weight is 540 g/mol. The van der Waals surface area contributed by atoms with E-state index in [9.17, 15) is 13.2 Å². The smallest absolute Gasteiger partial charge is 0.387 e. The van der Waals surface area contributed by atoms with Crippen molar-refractivity contribution < 1.29 is 17.9 Å². The van der Waals surface area contributed by atoms with Gasteiger partial charge in [0, 0.05) is 38.3 Å². The maximum absolute atomic E-state index is 14.1. The molecule has 0 amide bonds. The fraction of sp³-hybridized carbons (Fsp3) is 0.421. The summed E-state index contributed by atoms with van der Waals surface area (Å²) in [5.74, 6) is -0.284. The zero-order valence-electron chi connectivity index (χ0n) is 15.9. The number of aliphatic imine (C=N–C) groups is 1. The number of hydrogen-bond acceptors (Lipinski definition) is 4. The number of alkyl halides is 2. The summed E-state index contributed by atoms with van der Waals surface area (Å²) < 4.78 is 43.5. The first-order chi connectivity index (χ1) is 13.6. The van der Waals surface area contributed by atoms with Gasteiger partial charge in [0.2, 0.25) is 0 Å². The van der Waals surface area contributed by atoms with Crippen molar-refractivity contribution >= 4 is 46.3 Å². The van der Waals surface area contributed by atoms with Crippen LogP contribution in [-0.4, -0.2) is 38.8 Å². The number of guanidine groups is 1. The Kier molecular flexibility index (Phi) is 9.34. The zero-order chi connectivity index (χ0) is 19.9. The normalized spacial score (nSPS) is 15.2. The summed E-state index contributed by atoms with van der Waals surface area (Å²) in [7, 11) is 1.62. The fourth-order valence-electron chi connectivity index (χ4n) is 3.17. The van der Waals surface area contributed by atoms with Crippen LogP contribution in [0.5, 0.6) is 5.75 Å². The highest BCUT2D eigenvalue weighted by Crippen LogP contribution is 2.25. The second-order valence-electron chi connectivity index (χ2n) is 6.38. The minimum absolute atomic E-state index is 0. The number of hydrogen-bond donors (Lipinski definition) is 2. The molecule has 3 rings (SSSR count). The topological polar surface area (TPSA) is 48.9 Å². The number of nitrogens with one attached hydrogen (secondary N) is 2. The van der Waals surface area contributed by atoms with Crippen LogP contribution >= 0.6 is 35.3 Å². The molecule has 1 fully saturated rings. The van der Waals surface area contributed by atoms with Gasteiger partial charge in [-0.2, -0.15) is 8.78 Å². The quantitative estimate of drug-likeness (QED) is 0.323. The fourth-order valence-corrected chi connectivity index (χ4v) is 3.96. The summed E-state index contributed by atoms with van der Waals surface area (Å²) in [6.07, 6.45) is 1.89. The van der Waals surface area contributed by atoms with E-state index in [4.69, 9.17) is 0 Å². The van der Waals surface area contributed by atoms with Crippen molar-refractivity contribution in [3.05, 3.63) is 47.1 Å². The van der Waals surface area contributed by atoms with Crippen molar-refractivity contribution in [1.82, 2.24) is 10.6 Å². The van der Waals surface area contributed by atoms with Crippen molar-refractivity contribution in [2.24, 2.45) is 4.99 Å². The van der Waals surface area contributed by atoms with Crippen LogP contribution in [0.2, 0.25) is 0 Å². The van der Waals surface area contributed by atoms with Crippen molar-refractivity contribution in [3.63, 3.8) is 0 Å². The molecule has 1 aromatic heterocycles. The molecule has 2 N–H and O–H groups in total. The van der Waals surface area contributed by atoms with Gasteiger partial charge in [0.1, 0.15) is 11.6 Å². The monoisotopic (exact) mass is 540 g/mol. The third-order valence-electron chi connectivity index (χ3n) is 4.60. The first kappa shape index (κ1) is 23.6. The van der Waals surface area contributed by atoms with E-state index in [-0.39, 0.29) is 47.9 Å². The predicted molar refractivity (Wildman–Crippen MR) is 121 cm³/mol. The molecular weight excluding hydrogens is 516 g/mol. The van der Waals surface area contributed by atoms with Gasteiger partial charge in [-0.05, 0) is 42.5 Å². The highest BCUT2D eigenvalue weighted by molar-refractivity contribution is 14.0. The molecule has 0 saturated carbocycles. The van der Waals surface area contributed by atoms with Crippen LogP contribution in [0.25, 0.3) is 0 Å². The van der Waals surface area contributed by atoms with E-state index in [2.05, 4.69) is 36.7 Å². The molecule has 0 aliphatic carbocycles. The molecule has 1 aliphatic heterocycles. The molecule has 29 heavy (non-hydrogen) atoms. The highest BCUT2D eigenvalue weighted by Gasteiger charge is 2.21. The van der Waals surface area contributed by atoms with Crippen LogP contribution < -0.4 is 20.3 Å². The molecule has 5 nitrogen and oxygen atoms in total. The minimum Gasteiger partial charge on any atom is -0.434 e. The summed E-state index contributed by atoms with van der Waals surface area (Å²) in [5, 5.41) is 9.65. The van der Waals surface area contributed by atoms with Gasteiger partial charge in [0.25, 0.3) is 0 Å². The Bertz CT molecular complexity index is 784. The standard InChI is InChI=1S/C19H23F3N4OS.HI/c1-23-19(24-12-14-15(20)4-2-5-16(14)27-18(21)22)25-13-7-9-26(10-8-13)17-6-3-11-28-17;/h2-6,11,13,18H,7-10,12H2,1H3,(H2,23,24,25);1H. The maximum atomic E-state index is 14.1. The molecule has 0 spiro atoms. The van der Waals surface area contributed by atoms with Crippen LogP contribution in [0.1, 0.15) is 18.4 Å². The Morgan fingerprint density at radius 3 is 2.66 bits per heavy atom. The van der Waals surface area contributed by atoms with Gasteiger partial charge in [0.05, 0.1) is 5.00 Å². The lowest BCUT2D eigenvalue weighted by Gasteiger charge is -2.33. The molecule has 1 aromatic carbocycles. The largest absolute Gasteiger partial charge is 0.434 e. The van der Waals surface area contributed by atoms with E-state index >= 15 is 0 Å². The molecule has 1 saturated heterocycles. The first-order valence-electron chi connectivity index (χ1n) is 9.04. The number of thiophene rings is 1. The molecular formula is C19H24F3IN4OS. The van der Waals surface area contributed by atoms with Gasteiger partial charge in [-0.1, -0.05) is 6.07 Å². The number of halogens is 4. The lowest BCUT2D eigenvalue weighted by atomic mass is 10.1. The van der Waals surface area contributed by atoms with Gasteiger partial charge in [-0.3, -0.25) is 4.99 Å². The van der Waals surface area contributed by atoms with Crippen LogP contribution in [0, 0.1) is 5.82 Å². The van der Waals surface area contributed by atoms with Gasteiger partial charge in [-0.15, -0.1) is 35.3 Å². The van der Waals surface area contributed by atoms with E-state index in [1.165, 1.54) is 23.2 Å². The SMILES string of the molecule is CN=C(NCc1c(F)cccc1OC(F)F)NC1CCN(c2cccs2)CC1.I. The molecule has 0 atom stereocenters. The Labute approximate surface area is 189 Å². The first-order valence-corrected chi connectivity index (χ1v) is 9.92. The second kappa shape index (κ2) is 11.5. The van der Waals surface area contributed by atoms with Gasteiger partial charge in [-0.25, -0.2) is 4.39 Å². The third-order valence-corrected chi connectivity index (χ3v) is 5.53. The van der Waals surface area contributed by atoms with E-state index < -0.39 is 12.4 Å². The van der Waals surface area contributed by atoms with E-state index in [1.54, 1.807) is 18.4 Å². The molecule has 0 radical (unpaired) electrons. The number of piperidine rings is 1. The molecule has 0 bridgehead atoms. The second-order valence-corrected chi connectivity index (χ2v) is 7.30. The van der Waals surface area contributed by atoms with Crippen LogP contribution in [0.4, 0.5) is 18.2 Å². The van der Waals surface area contributed by atoms with Gasteiger partial charge >= 0.3 is 6.61 Å². The number of nitrogens with zero attached hydrogens (tertiary/aromatic N) is 2. The van der Waals surface area contributed by atoms with Crippen molar-refractivity contribution in [1.29, 1.82) is 0 Å². The summed E-state index contributed by atoms with van der Waals surface area (Å²) in [5.41, 5.74) is 0.0401. The number of benzene rings is 1. The minimum atomic E-state index is -3.01. The molecule has 1 aliphatic rings. The zero-order valence-corrected chi connectivity index (χ0v) is 19.1. The Balaban J connectivity index is 0.00000300. The van der Waals surface area contributed by atoms with E-state index in [0.29, 0.717) is 5.96 Å². The molecule has 0 unspecified atom stereocenters. The summed E-state index contributed by atoms with van der Waals surface area (Å²) >= 11 is 1.73. The van der Waals surface area contributed by atoms with Gasteiger partial charge in [0.15, 0.2) is 5.96 Å². The molecule has 2 heterocycles. The van der Waals surface area contributed by atoms with E-state index in [1.807, 2.05) is 6.07 Å². The van der Waals surface area contributed by atoms with Crippen molar-refractivity contribution in [2.75, 3.05) is 25.0 Å². The highest BCUT2D eigenvalue weighted by atomic mass is 127. The maximum Gasteiger partial charge on any atom is 0.387 e. The molecule has 10 heteroatoms. The molecule has 2 aromatic rings. The van der Waals surface area contributed by atoms with Crippen LogP contribution in [-0.2, 0) is 6.54 Å². The Morgan fingerprint density at radius 2 is 2.03 bits per heavy atom. The lowest BCUT2D eigenvalue weighted by molar-refractivity contribution is -0.0506. The lowest BCUT2D eigenvalue weighted by Crippen LogP contribution is -2.48. The number of anilines is 1. The summed E-state index contributed by atoms with van der Waals surface area (Å²) in [6.45, 7) is -1.14. The number of ether oxygens (including phenoxy) is 1. The predicted octanol–water partition coefficient (Wildman–Crippen LogP) is 4.44. The van der Waals surface area contributed by atoms with Crippen molar-refractivity contribution in [2.45, 2.75) is 32.0 Å².